The Bertz CT molecular complexity index is 1360. The van der Waals surface area contributed by atoms with Crippen molar-refractivity contribution < 1.29 is 41.3 Å². The van der Waals surface area contributed by atoms with Crippen molar-refractivity contribution in [3.8, 4) is 11.8 Å². The van der Waals surface area contributed by atoms with Gasteiger partial charge in [0.25, 0.3) is 0 Å². The van der Waals surface area contributed by atoms with E-state index in [1.54, 1.807) is 39.0 Å². The maximum Gasteiger partial charge on any atom is 0.471 e. The molecule has 12 nitrogen and oxygen atoms in total. The zero-order valence-electron chi connectivity index (χ0n) is 29.2. The summed E-state index contributed by atoms with van der Waals surface area (Å²) in [5.74, 6) is 4.22. The highest BCUT2D eigenvalue weighted by atomic mass is 33.1. The van der Waals surface area contributed by atoms with Crippen molar-refractivity contribution in [1.82, 2.24) is 19.8 Å². The summed E-state index contributed by atoms with van der Waals surface area (Å²) in [4.78, 5) is 34.5. The van der Waals surface area contributed by atoms with Crippen molar-refractivity contribution in [3.05, 3.63) is 22.2 Å². The van der Waals surface area contributed by atoms with E-state index in [2.05, 4.69) is 55.7 Å². The number of aromatic nitrogens is 2. The summed E-state index contributed by atoms with van der Waals surface area (Å²) < 4.78 is 67.4. The highest BCUT2D eigenvalue weighted by Gasteiger charge is 2.42. The van der Waals surface area contributed by atoms with Crippen LogP contribution in [0.1, 0.15) is 52.8 Å². The van der Waals surface area contributed by atoms with E-state index < -0.39 is 43.2 Å². The molecule has 1 aromatic heterocycles. The second-order valence-electron chi connectivity index (χ2n) is 13.3. The van der Waals surface area contributed by atoms with Gasteiger partial charge in [-0.25, -0.2) is 9.79 Å². The monoisotopic (exact) mass is 739 g/mol. The molecule has 1 N–H and O–H groups in total. The van der Waals surface area contributed by atoms with Gasteiger partial charge in [-0.3, -0.25) is 9.36 Å². The fourth-order valence-electron chi connectivity index (χ4n) is 3.75. The number of halogens is 3. The minimum atomic E-state index is -4.93. The van der Waals surface area contributed by atoms with Gasteiger partial charge in [-0.2, -0.15) is 18.2 Å². The van der Waals surface area contributed by atoms with Gasteiger partial charge < -0.3 is 33.6 Å². The van der Waals surface area contributed by atoms with Gasteiger partial charge in [-0.15, -0.1) is 0 Å². The topological polar surface area (TPSA) is 126 Å². The average Bonchev–Trinajstić information content (AvgIpc) is 3.38. The maximum absolute atomic E-state index is 13.2. The highest BCUT2D eigenvalue weighted by Crippen LogP contribution is 2.38. The molecule has 1 aliphatic rings. The number of nitrogens with zero attached hydrogens (tertiary/aromatic N) is 4. The molecule has 2 heterocycles. The summed E-state index contributed by atoms with van der Waals surface area (Å²) in [5, 5.41) is 1.89. The lowest BCUT2D eigenvalue weighted by Crippen LogP contribution is -2.44. The molecule has 3 atom stereocenters. The lowest BCUT2D eigenvalue weighted by atomic mass is 10.2. The number of carbonyl (C=O) groups excluding carboxylic acids is 1. The van der Waals surface area contributed by atoms with Crippen molar-refractivity contribution in [2.45, 2.75) is 88.5 Å². The van der Waals surface area contributed by atoms with Gasteiger partial charge in [0.1, 0.15) is 31.7 Å². The minimum absolute atomic E-state index is 0.00177. The third-order valence-electron chi connectivity index (χ3n) is 7.39. The van der Waals surface area contributed by atoms with Crippen LogP contribution in [-0.4, -0.2) is 112 Å². The molecular formula is C30H48F3N5O7S2Si. The number of carbonyl (C=O) groups is 1. The lowest BCUT2D eigenvalue weighted by Gasteiger charge is -2.37. The first-order valence-corrected chi connectivity index (χ1v) is 20.4. The largest absolute Gasteiger partial charge is 0.471 e. The molecule has 1 aliphatic heterocycles. The van der Waals surface area contributed by atoms with E-state index in [-0.39, 0.29) is 42.8 Å². The molecule has 1 saturated heterocycles. The van der Waals surface area contributed by atoms with Gasteiger partial charge in [0, 0.05) is 45.1 Å². The summed E-state index contributed by atoms with van der Waals surface area (Å²) in [6.07, 6.45) is -3.02. The Labute approximate surface area is 289 Å². The van der Waals surface area contributed by atoms with Gasteiger partial charge in [-0.1, -0.05) is 54.2 Å². The third-order valence-corrected chi connectivity index (χ3v) is 14.9. The van der Waals surface area contributed by atoms with E-state index >= 15 is 0 Å². The number of amides is 1. The van der Waals surface area contributed by atoms with Crippen molar-refractivity contribution in [2.24, 2.45) is 4.99 Å². The van der Waals surface area contributed by atoms with Gasteiger partial charge in [0.15, 0.2) is 14.1 Å². The second kappa shape index (κ2) is 18.2. The number of hydrogen-bond acceptors (Lipinski definition) is 11. The number of nitrogens with one attached hydrogen (secondary N) is 1. The Balaban J connectivity index is 2.15. The lowest BCUT2D eigenvalue weighted by molar-refractivity contribution is -0.173. The first-order chi connectivity index (χ1) is 22.2. The molecule has 18 heteroatoms. The molecular weight excluding hydrogens is 692 g/mol. The predicted molar refractivity (Wildman–Crippen MR) is 185 cm³/mol. The second-order valence-corrected chi connectivity index (χ2v) is 21.1. The summed E-state index contributed by atoms with van der Waals surface area (Å²) in [6, 6.07) is 0. The third kappa shape index (κ3) is 13.7. The van der Waals surface area contributed by atoms with Gasteiger partial charge in [-0.05, 0) is 32.0 Å². The molecule has 0 aromatic carbocycles. The number of ether oxygens (including phenoxy) is 4. The summed E-state index contributed by atoms with van der Waals surface area (Å²) in [6.45, 7) is 14.4. The molecule has 0 radical (unpaired) electrons. The molecule has 272 valence electrons. The van der Waals surface area contributed by atoms with Crippen LogP contribution < -0.4 is 11.0 Å². The zero-order valence-corrected chi connectivity index (χ0v) is 31.9. The van der Waals surface area contributed by atoms with Gasteiger partial charge in [0.2, 0.25) is 0 Å². The number of hydrogen-bond donors (Lipinski definition) is 1. The maximum atomic E-state index is 13.2. The van der Waals surface area contributed by atoms with Crippen LogP contribution in [0, 0.1) is 11.8 Å². The van der Waals surface area contributed by atoms with Crippen molar-refractivity contribution in [1.29, 1.82) is 0 Å². The Hall–Kier alpha value is -2.11. The number of rotatable bonds is 16. The molecule has 0 bridgehead atoms. The first kappa shape index (κ1) is 42.1. The van der Waals surface area contributed by atoms with E-state index in [1.165, 1.54) is 39.6 Å². The van der Waals surface area contributed by atoms with E-state index in [9.17, 15) is 22.8 Å². The Morgan fingerprint density at radius 1 is 1.27 bits per heavy atom. The molecule has 1 unspecified atom stereocenters. The van der Waals surface area contributed by atoms with Crippen LogP contribution in [0.3, 0.4) is 0 Å². The number of alkyl halides is 3. The first-order valence-electron chi connectivity index (χ1n) is 15.1. The molecule has 48 heavy (non-hydrogen) atoms. The Morgan fingerprint density at radius 3 is 2.56 bits per heavy atom. The van der Waals surface area contributed by atoms with Crippen LogP contribution in [0.15, 0.2) is 16.0 Å². The highest BCUT2D eigenvalue weighted by molar-refractivity contribution is 8.77. The van der Waals surface area contributed by atoms with E-state index in [0.717, 1.165) is 0 Å². The van der Waals surface area contributed by atoms with Crippen LogP contribution in [0.25, 0.3) is 0 Å². The van der Waals surface area contributed by atoms with Crippen molar-refractivity contribution in [2.75, 3.05) is 53.7 Å². The predicted octanol–water partition coefficient (Wildman–Crippen LogP) is 4.93. The van der Waals surface area contributed by atoms with E-state index in [0.29, 0.717) is 18.6 Å². The van der Waals surface area contributed by atoms with Crippen molar-refractivity contribution >= 4 is 48.0 Å². The quantitative estimate of drug-likeness (QED) is 0.0472. The van der Waals surface area contributed by atoms with Crippen LogP contribution in [0.2, 0.25) is 18.1 Å². The van der Waals surface area contributed by atoms with Gasteiger partial charge in [0.05, 0.1) is 24.6 Å². The molecule has 1 fully saturated rings. The van der Waals surface area contributed by atoms with Crippen LogP contribution in [0.4, 0.5) is 19.0 Å². The number of aliphatic imine (C=N–C) groups is 1. The molecule has 0 aliphatic carbocycles. The summed E-state index contributed by atoms with van der Waals surface area (Å²) in [7, 11) is 5.57. The minimum Gasteiger partial charge on any atom is -0.414 e. The molecule has 1 aromatic rings. The van der Waals surface area contributed by atoms with Crippen LogP contribution >= 0.6 is 21.6 Å². The molecule has 0 saturated carbocycles. The van der Waals surface area contributed by atoms with E-state index in [1.807, 2.05) is 5.32 Å². The zero-order chi connectivity index (χ0) is 36.3. The Kier molecular flexibility index (Phi) is 16.0. The number of methoxy groups -OCH3 is 1. The fourth-order valence-corrected chi connectivity index (χ4v) is 6.89. The molecule has 1 amide bonds. The average molecular weight is 740 g/mol. The van der Waals surface area contributed by atoms with Crippen LogP contribution in [-0.2, 0) is 28.2 Å². The fraction of sp³-hybridized carbons (Fsp3) is 0.733. The van der Waals surface area contributed by atoms with Gasteiger partial charge >= 0.3 is 17.8 Å². The van der Waals surface area contributed by atoms with Crippen molar-refractivity contribution in [3.63, 3.8) is 0 Å². The van der Waals surface area contributed by atoms with E-state index in [4.69, 9.17) is 23.4 Å². The normalized spacial score (nSPS) is 19.0. The summed E-state index contributed by atoms with van der Waals surface area (Å²) >= 11 is 0. The molecule has 0 spiro atoms. The standard InChI is InChI=1S/C30H48F3N5O7S2Si/c1-28(2,3)48(9,10)44-16-23-22(43-19-41-8)14-24(45-23)38-15-21(25(36-27(38)40)35-18-37(6)7)12-11-13-42-20-46-47-29(4,5)17-34-26(39)30(31,32)33/h15,18,22-24H,13-14,16-17,19-20H2,1-10H3,(H,34,39)/t22?,23-,24-/m1/s1. The Morgan fingerprint density at radius 2 is 1.96 bits per heavy atom. The molecule has 2 rings (SSSR count). The summed E-state index contributed by atoms with van der Waals surface area (Å²) in [5.41, 5.74) is -0.189. The SMILES string of the molecule is COCOC1C[C@H](n2cc(C#CCOCSSC(C)(C)CNC(=O)C(F)(F)F)c(N=CN(C)C)nc2=O)O[C@@H]1CO[Si](C)(C)C(C)(C)C. The van der Waals surface area contributed by atoms with Crippen LogP contribution in [0.5, 0.6) is 0 Å². The smallest absolute Gasteiger partial charge is 0.414 e.